The number of amides is 1. The number of carbonyl (C=O) groups is 1. The number of nitrogens with zero attached hydrogens (tertiary/aromatic N) is 1. The summed E-state index contributed by atoms with van der Waals surface area (Å²) < 4.78 is 0. The molecule has 1 aromatic rings. The molecule has 1 amide bonds. The summed E-state index contributed by atoms with van der Waals surface area (Å²) in [6.45, 7) is 0.659. The Morgan fingerprint density at radius 3 is 3.00 bits per heavy atom. The van der Waals surface area contributed by atoms with E-state index < -0.39 is 0 Å². The van der Waals surface area contributed by atoms with Crippen LogP contribution >= 0.6 is 0 Å². The van der Waals surface area contributed by atoms with Crippen molar-refractivity contribution >= 4 is 17.4 Å². The van der Waals surface area contributed by atoms with Crippen LogP contribution in [0.5, 0.6) is 0 Å². The molecule has 0 aliphatic rings. The Kier molecular flexibility index (Phi) is 3.13. The SMILES string of the molecule is NC(=O)CCCNc1cn[nH]c1N. The molecule has 1 rings (SSSR count). The second-order valence-electron chi connectivity index (χ2n) is 2.69. The average molecular weight is 183 g/mol. The molecule has 0 saturated carbocycles. The smallest absolute Gasteiger partial charge is 0.217 e. The van der Waals surface area contributed by atoms with Crippen LogP contribution in [-0.2, 0) is 4.79 Å². The number of nitrogens with two attached hydrogens (primary N) is 2. The summed E-state index contributed by atoms with van der Waals surface area (Å²) in [6.07, 6.45) is 2.67. The molecule has 6 N–H and O–H groups in total. The fourth-order valence-corrected chi connectivity index (χ4v) is 0.923. The molecule has 0 fully saturated rings. The molecule has 0 unspecified atom stereocenters. The van der Waals surface area contributed by atoms with E-state index in [0.717, 1.165) is 5.69 Å². The first kappa shape index (κ1) is 9.37. The lowest BCUT2D eigenvalue weighted by molar-refractivity contribution is -0.118. The predicted octanol–water partition coefficient (Wildman–Crippen LogP) is -0.331. The summed E-state index contributed by atoms with van der Waals surface area (Å²) in [5, 5.41) is 9.35. The fraction of sp³-hybridized carbons (Fsp3) is 0.429. The molecule has 0 radical (unpaired) electrons. The van der Waals surface area contributed by atoms with Gasteiger partial charge in [-0.1, -0.05) is 0 Å². The van der Waals surface area contributed by atoms with Crippen LogP contribution in [0.4, 0.5) is 11.5 Å². The molecule has 0 bridgehead atoms. The van der Waals surface area contributed by atoms with Gasteiger partial charge in [0.15, 0.2) is 0 Å². The zero-order valence-corrected chi connectivity index (χ0v) is 7.21. The molecule has 0 aliphatic heterocycles. The minimum atomic E-state index is -0.290. The third-order valence-electron chi connectivity index (χ3n) is 1.58. The zero-order chi connectivity index (χ0) is 9.68. The van der Waals surface area contributed by atoms with Crippen molar-refractivity contribution in [1.82, 2.24) is 10.2 Å². The van der Waals surface area contributed by atoms with E-state index >= 15 is 0 Å². The highest BCUT2D eigenvalue weighted by Gasteiger charge is 1.99. The van der Waals surface area contributed by atoms with Gasteiger partial charge < -0.3 is 16.8 Å². The number of hydrogen-bond donors (Lipinski definition) is 4. The number of hydrogen-bond acceptors (Lipinski definition) is 4. The highest BCUT2D eigenvalue weighted by molar-refractivity contribution is 5.73. The molecule has 6 nitrogen and oxygen atoms in total. The van der Waals surface area contributed by atoms with E-state index in [2.05, 4.69) is 15.5 Å². The lowest BCUT2D eigenvalue weighted by atomic mass is 10.3. The van der Waals surface area contributed by atoms with E-state index in [1.54, 1.807) is 6.20 Å². The topological polar surface area (TPSA) is 110 Å². The van der Waals surface area contributed by atoms with Crippen LogP contribution in [0.1, 0.15) is 12.8 Å². The molecular weight excluding hydrogens is 170 g/mol. The van der Waals surface area contributed by atoms with E-state index in [1.165, 1.54) is 0 Å². The summed E-state index contributed by atoms with van der Waals surface area (Å²) >= 11 is 0. The van der Waals surface area contributed by atoms with Gasteiger partial charge in [-0.2, -0.15) is 5.10 Å². The second-order valence-corrected chi connectivity index (χ2v) is 2.69. The van der Waals surface area contributed by atoms with Crippen molar-refractivity contribution in [2.45, 2.75) is 12.8 Å². The minimum absolute atomic E-state index is 0.290. The maximum absolute atomic E-state index is 10.4. The standard InChI is InChI=1S/C7H13N5O/c8-6(13)2-1-3-10-5-4-11-12-7(5)9/h4,10H,1-3H2,(H2,8,13)(H3,9,11,12). The summed E-state index contributed by atoms with van der Waals surface area (Å²) in [6, 6.07) is 0. The van der Waals surface area contributed by atoms with Gasteiger partial charge in [0.2, 0.25) is 5.91 Å². The quantitative estimate of drug-likeness (QED) is 0.468. The summed E-state index contributed by atoms with van der Waals surface area (Å²) in [5.41, 5.74) is 11.2. The monoisotopic (exact) mass is 183 g/mol. The number of anilines is 2. The highest BCUT2D eigenvalue weighted by Crippen LogP contribution is 2.12. The molecule has 0 atom stereocenters. The lowest BCUT2D eigenvalue weighted by Gasteiger charge is -2.02. The van der Waals surface area contributed by atoms with Crippen LogP contribution < -0.4 is 16.8 Å². The predicted molar refractivity (Wildman–Crippen MR) is 49.9 cm³/mol. The van der Waals surface area contributed by atoms with Crippen molar-refractivity contribution in [3.05, 3.63) is 6.20 Å². The van der Waals surface area contributed by atoms with Crippen LogP contribution in [-0.4, -0.2) is 22.6 Å². The van der Waals surface area contributed by atoms with Crippen molar-refractivity contribution in [3.63, 3.8) is 0 Å². The minimum Gasteiger partial charge on any atom is -0.382 e. The highest BCUT2D eigenvalue weighted by atomic mass is 16.1. The molecule has 72 valence electrons. The molecule has 1 heterocycles. The van der Waals surface area contributed by atoms with Crippen molar-refractivity contribution in [2.24, 2.45) is 5.73 Å². The molecule has 0 aromatic carbocycles. The zero-order valence-electron chi connectivity index (χ0n) is 7.21. The van der Waals surface area contributed by atoms with E-state index in [0.29, 0.717) is 25.2 Å². The molecule has 0 saturated heterocycles. The van der Waals surface area contributed by atoms with Gasteiger partial charge in [0, 0.05) is 13.0 Å². The number of primary amides is 1. The van der Waals surface area contributed by atoms with Gasteiger partial charge in [0.25, 0.3) is 0 Å². The normalized spacial score (nSPS) is 9.85. The summed E-state index contributed by atoms with van der Waals surface area (Å²) in [4.78, 5) is 10.4. The van der Waals surface area contributed by atoms with Gasteiger partial charge in [0.1, 0.15) is 5.82 Å². The van der Waals surface area contributed by atoms with Crippen LogP contribution in [0.15, 0.2) is 6.20 Å². The molecule has 1 aromatic heterocycles. The molecule has 6 heteroatoms. The van der Waals surface area contributed by atoms with E-state index in [9.17, 15) is 4.79 Å². The number of nitrogen functional groups attached to an aromatic ring is 1. The fourth-order valence-electron chi connectivity index (χ4n) is 0.923. The Hall–Kier alpha value is -1.72. The van der Waals surface area contributed by atoms with Crippen molar-refractivity contribution in [1.29, 1.82) is 0 Å². The number of aromatic nitrogens is 2. The Bertz CT molecular complexity index is 282. The maximum atomic E-state index is 10.4. The third kappa shape index (κ3) is 3.02. The molecular formula is C7H13N5O. The van der Waals surface area contributed by atoms with Gasteiger partial charge >= 0.3 is 0 Å². The van der Waals surface area contributed by atoms with Crippen LogP contribution in [0.2, 0.25) is 0 Å². The second kappa shape index (κ2) is 4.34. The molecule has 0 spiro atoms. The van der Waals surface area contributed by atoms with Crippen molar-refractivity contribution in [3.8, 4) is 0 Å². The molecule has 13 heavy (non-hydrogen) atoms. The number of H-pyrrole nitrogens is 1. The number of carbonyl (C=O) groups excluding carboxylic acids is 1. The van der Waals surface area contributed by atoms with Crippen molar-refractivity contribution in [2.75, 3.05) is 17.6 Å². The van der Waals surface area contributed by atoms with E-state index in [1.807, 2.05) is 0 Å². The Balaban J connectivity index is 2.20. The van der Waals surface area contributed by atoms with Crippen LogP contribution in [0.3, 0.4) is 0 Å². The Labute approximate surface area is 75.7 Å². The molecule has 0 aliphatic carbocycles. The first-order valence-electron chi connectivity index (χ1n) is 4.01. The summed E-state index contributed by atoms with van der Waals surface area (Å²) in [5.74, 6) is 0.209. The average Bonchev–Trinajstić information content (AvgIpc) is 2.45. The van der Waals surface area contributed by atoms with Crippen molar-refractivity contribution < 1.29 is 4.79 Å². The number of nitrogens with one attached hydrogen (secondary N) is 2. The van der Waals surface area contributed by atoms with Gasteiger partial charge in [-0.3, -0.25) is 9.89 Å². The maximum Gasteiger partial charge on any atom is 0.217 e. The Morgan fingerprint density at radius 1 is 1.69 bits per heavy atom. The van der Waals surface area contributed by atoms with Crippen LogP contribution in [0.25, 0.3) is 0 Å². The first-order chi connectivity index (χ1) is 6.20. The van der Waals surface area contributed by atoms with Gasteiger partial charge in [-0.15, -0.1) is 0 Å². The Morgan fingerprint density at radius 2 is 2.46 bits per heavy atom. The first-order valence-corrected chi connectivity index (χ1v) is 4.01. The van der Waals surface area contributed by atoms with Crippen LogP contribution in [0, 0.1) is 0 Å². The lowest BCUT2D eigenvalue weighted by Crippen LogP contribution is -2.12. The number of rotatable bonds is 5. The van der Waals surface area contributed by atoms with Gasteiger partial charge in [-0.25, -0.2) is 0 Å². The number of aromatic amines is 1. The van der Waals surface area contributed by atoms with E-state index in [-0.39, 0.29) is 5.91 Å². The van der Waals surface area contributed by atoms with Gasteiger partial charge in [-0.05, 0) is 6.42 Å². The van der Waals surface area contributed by atoms with E-state index in [4.69, 9.17) is 11.5 Å². The van der Waals surface area contributed by atoms with Gasteiger partial charge in [0.05, 0.1) is 11.9 Å². The summed E-state index contributed by atoms with van der Waals surface area (Å²) in [7, 11) is 0. The third-order valence-corrected chi connectivity index (χ3v) is 1.58. The largest absolute Gasteiger partial charge is 0.382 e.